The fourth-order valence-electron chi connectivity index (χ4n) is 1.66. The molecular weight excluding hydrogens is 178 g/mol. The Hall–Kier alpha value is -0.380. The quantitative estimate of drug-likeness (QED) is 0.473. The van der Waals surface area contributed by atoms with E-state index in [0.29, 0.717) is 13.2 Å². The fourth-order valence-corrected chi connectivity index (χ4v) is 1.66. The van der Waals surface area contributed by atoms with Crippen LogP contribution < -0.4 is 5.32 Å². The molecule has 0 bridgehead atoms. The van der Waals surface area contributed by atoms with E-state index in [9.17, 15) is 0 Å². The van der Waals surface area contributed by atoms with Gasteiger partial charge in [0.05, 0.1) is 19.8 Å². The van der Waals surface area contributed by atoms with Crippen molar-refractivity contribution in [1.29, 1.82) is 0 Å². The standard InChI is InChI=1S/C11H21NO2/c13-7-9-14-8-6-12-10-11-4-2-1-3-5-11/h1-2,11-13H,3-10H2/t11-/m1/s1. The highest BCUT2D eigenvalue weighted by Crippen LogP contribution is 2.16. The molecule has 1 atom stereocenters. The minimum absolute atomic E-state index is 0.118. The molecule has 2 N–H and O–H groups in total. The van der Waals surface area contributed by atoms with E-state index in [4.69, 9.17) is 9.84 Å². The third-order valence-electron chi connectivity index (χ3n) is 2.47. The zero-order valence-corrected chi connectivity index (χ0v) is 8.74. The van der Waals surface area contributed by atoms with Crippen LogP contribution >= 0.6 is 0 Å². The lowest BCUT2D eigenvalue weighted by atomic mass is 9.94. The van der Waals surface area contributed by atoms with E-state index in [-0.39, 0.29) is 6.61 Å². The Balaban J connectivity index is 1.86. The molecule has 0 saturated carbocycles. The molecule has 0 aromatic heterocycles. The first-order chi connectivity index (χ1) is 6.93. The molecule has 0 amide bonds. The molecule has 0 spiro atoms. The van der Waals surface area contributed by atoms with Crippen molar-refractivity contribution in [2.45, 2.75) is 19.3 Å². The van der Waals surface area contributed by atoms with E-state index >= 15 is 0 Å². The Kier molecular flexibility index (Phi) is 6.66. The smallest absolute Gasteiger partial charge is 0.0698 e. The van der Waals surface area contributed by atoms with E-state index in [1.807, 2.05) is 0 Å². The van der Waals surface area contributed by atoms with Crippen LogP contribution in [0.25, 0.3) is 0 Å². The summed E-state index contributed by atoms with van der Waals surface area (Å²) in [7, 11) is 0. The van der Waals surface area contributed by atoms with Gasteiger partial charge in [0.2, 0.25) is 0 Å². The van der Waals surface area contributed by atoms with Crippen molar-refractivity contribution in [2.24, 2.45) is 5.92 Å². The van der Waals surface area contributed by atoms with Crippen molar-refractivity contribution in [3.05, 3.63) is 12.2 Å². The molecule has 1 aliphatic rings. The van der Waals surface area contributed by atoms with Gasteiger partial charge in [-0.05, 0) is 31.7 Å². The van der Waals surface area contributed by atoms with Crippen molar-refractivity contribution in [3.63, 3.8) is 0 Å². The Bertz CT molecular complexity index is 159. The van der Waals surface area contributed by atoms with Gasteiger partial charge in [-0.1, -0.05) is 12.2 Å². The zero-order chi connectivity index (χ0) is 10.1. The summed E-state index contributed by atoms with van der Waals surface area (Å²) in [6.45, 7) is 3.25. The van der Waals surface area contributed by atoms with Crippen LogP contribution in [0.5, 0.6) is 0 Å². The molecule has 0 radical (unpaired) electrons. The average molecular weight is 199 g/mol. The van der Waals surface area contributed by atoms with E-state index in [0.717, 1.165) is 19.0 Å². The van der Waals surface area contributed by atoms with E-state index < -0.39 is 0 Å². The van der Waals surface area contributed by atoms with Gasteiger partial charge < -0.3 is 15.2 Å². The van der Waals surface area contributed by atoms with Gasteiger partial charge in [0.1, 0.15) is 0 Å². The molecule has 82 valence electrons. The van der Waals surface area contributed by atoms with Crippen molar-refractivity contribution in [3.8, 4) is 0 Å². The molecule has 0 aromatic rings. The molecule has 0 heterocycles. The summed E-state index contributed by atoms with van der Waals surface area (Å²) < 4.78 is 5.15. The minimum Gasteiger partial charge on any atom is -0.394 e. The zero-order valence-electron chi connectivity index (χ0n) is 8.74. The van der Waals surface area contributed by atoms with Crippen LogP contribution in [-0.4, -0.2) is 38.0 Å². The van der Waals surface area contributed by atoms with Crippen LogP contribution in [0.2, 0.25) is 0 Å². The second-order valence-corrected chi connectivity index (χ2v) is 3.69. The predicted molar refractivity (Wildman–Crippen MR) is 57.3 cm³/mol. The number of aliphatic hydroxyl groups excluding tert-OH is 1. The SMILES string of the molecule is OCCOCCNC[C@@H]1CC=CCC1. The molecule has 3 heteroatoms. The van der Waals surface area contributed by atoms with Gasteiger partial charge >= 0.3 is 0 Å². The van der Waals surface area contributed by atoms with Crippen molar-refractivity contribution in [2.75, 3.05) is 32.9 Å². The van der Waals surface area contributed by atoms with Gasteiger partial charge in [-0.2, -0.15) is 0 Å². The summed E-state index contributed by atoms with van der Waals surface area (Å²) in [4.78, 5) is 0. The van der Waals surface area contributed by atoms with Gasteiger partial charge in [0, 0.05) is 6.54 Å². The molecule has 1 aliphatic carbocycles. The van der Waals surface area contributed by atoms with Crippen molar-refractivity contribution >= 4 is 0 Å². The third-order valence-corrected chi connectivity index (χ3v) is 2.47. The Morgan fingerprint density at radius 3 is 3.00 bits per heavy atom. The minimum atomic E-state index is 0.118. The van der Waals surface area contributed by atoms with Gasteiger partial charge in [-0.15, -0.1) is 0 Å². The number of allylic oxidation sites excluding steroid dienone is 2. The Morgan fingerprint density at radius 1 is 1.36 bits per heavy atom. The second kappa shape index (κ2) is 7.97. The number of ether oxygens (including phenoxy) is 1. The second-order valence-electron chi connectivity index (χ2n) is 3.69. The molecule has 0 unspecified atom stereocenters. The molecule has 0 aliphatic heterocycles. The first kappa shape index (κ1) is 11.7. The largest absolute Gasteiger partial charge is 0.394 e. The van der Waals surface area contributed by atoms with E-state index in [1.54, 1.807) is 0 Å². The molecule has 0 fully saturated rings. The fraction of sp³-hybridized carbons (Fsp3) is 0.818. The normalized spacial score (nSPS) is 21.4. The van der Waals surface area contributed by atoms with Crippen LogP contribution in [0.3, 0.4) is 0 Å². The number of hydrogen-bond acceptors (Lipinski definition) is 3. The molecule has 3 nitrogen and oxygen atoms in total. The highest BCUT2D eigenvalue weighted by molar-refractivity contribution is 4.90. The summed E-state index contributed by atoms with van der Waals surface area (Å²) in [5, 5.41) is 11.8. The van der Waals surface area contributed by atoms with Crippen LogP contribution in [0.15, 0.2) is 12.2 Å². The summed E-state index contributed by atoms with van der Waals surface area (Å²) in [6.07, 6.45) is 8.29. The maximum atomic E-state index is 8.47. The Morgan fingerprint density at radius 2 is 2.29 bits per heavy atom. The lowest BCUT2D eigenvalue weighted by Gasteiger charge is -2.17. The van der Waals surface area contributed by atoms with E-state index in [1.165, 1.54) is 19.3 Å². The first-order valence-electron chi connectivity index (χ1n) is 5.48. The van der Waals surface area contributed by atoms with Gasteiger partial charge in [-0.25, -0.2) is 0 Å². The molecule has 0 aromatic carbocycles. The van der Waals surface area contributed by atoms with Gasteiger partial charge in [0.25, 0.3) is 0 Å². The van der Waals surface area contributed by atoms with Crippen molar-refractivity contribution in [1.82, 2.24) is 5.32 Å². The molecule has 1 rings (SSSR count). The summed E-state index contributed by atoms with van der Waals surface area (Å²) >= 11 is 0. The summed E-state index contributed by atoms with van der Waals surface area (Å²) in [5.41, 5.74) is 0. The predicted octanol–water partition coefficient (Wildman–Crippen LogP) is 0.941. The lowest BCUT2D eigenvalue weighted by Crippen LogP contribution is -2.27. The highest BCUT2D eigenvalue weighted by atomic mass is 16.5. The Labute approximate surface area is 86.2 Å². The first-order valence-corrected chi connectivity index (χ1v) is 5.48. The van der Waals surface area contributed by atoms with Gasteiger partial charge in [-0.3, -0.25) is 0 Å². The number of aliphatic hydroxyl groups is 1. The number of rotatable bonds is 7. The molecular formula is C11H21NO2. The van der Waals surface area contributed by atoms with Crippen LogP contribution in [0.4, 0.5) is 0 Å². The molecule has 14 heavy (non-hydrogen) atoms. The molecule has 0 saturated heterocycles. The highest BCUT2D eigenvalue weighted by Gasteiger charge is 2.08. The van der Waals surface area contributed by atoms with Gasteiger partial charge in [0.15, 0.2) is 0 Å². The summed E-state index contributed by atoms with van der Waals surface area (Å²) in [5.74, 6) is 0.804. The number of hydrogen-bond donors (Lipinski definition) is 2. The summed E-state index contributed by atoms with van der Waals surface area (Å²) in [6, 6.07) is 0. The monoisotopic (exact) mass is 199 g/mol. The van der Waals surface area contributed by atoms with Crippen LogP contribution in [0.1, 0.15) is 19.3 Å². The third kappa shape index (κ3) is 5.37. The average Bonchev–Trinajstić information content (AvgIpc) is 2.25. The number of nitrogens with one attached hydrogen (secondary N) is 1. The topological polar surface area (TPSA) is 41.5 Å². The maximum absolute atomic E-state index is 8.47. The van der Waals surface area contributed by atoms with Crippen molar-refractivity contribution < 1.29 is 9.84 Å². The van der Waals surface area contributed by atoms with E-state index in [2.05, 4.69) is 17.5 Å². The maximum Gasteiger partial charge on any atom is 0.0698 e. The van der Waals surface area contributed by atoms with Crippen LogP contribution in [0, 0.1) is 5.92 Å². The lowest BCUT2D eigenvalue weighted by molar-refractivity contribution is 0.0934. The van der Waals surface area contributed by atoms with Crippen LogP contribution in [-0.2, 0) is 4.74 Å².